The van der Waals surface area contributed by atoms with E-state index >= 15 is 0 Å². The van der Waals surface area contributed by atoms with E-state index in [1.807, 2.05) is 24.3 Å². The van der Waals surface area contributed by atoms with Crippen molar-refractivity contribution >= 4 is 0 Å². The monoisotopic (exact) mass is 212 g/mol. The molecule has 4 heteroatoms. The van der Waals surface area contributed by atoms with Crippen LogP contribution in [0.4, 0.5) is 0 Å². The van der Waals surface area contributed by atoms with Crippen molar-refractivity contribution in [2.75, 3.05) is 0 Å². The van der Waals surface area contributed by atoms with Crippen LogP contribution in [-0.4, -0.2) is 0 Å². The summed E-state index contributed by atoms with van der Waals surface area (Å²) in [4.78, 5) is 0. The van der Waals surface area contributed by atoms with Gasteiger partial charge in [-0.1, -0.05) is 12.8 Å². The maximum atomic E-state index is 8.88. The van der Waals surface area contributed by atoms with Crippen molar-refractivity contribution in [2.45, 2.75) is 25.7 Å². The average molecular weight is 212 g/mol. The minimum Gasteiger partial charge on any atom is -0.197 e. The largest absolute Gasteiger partial charge is 0.197 e. The molecule has 0 aromatic carbocycles. The van der Waals surface area contributed by atoms with Crippen molar-refractivity contribution in [3.05, 3.63) is 0 Å². The summed E-state index contributed by atoms with van der Waals surface area (Å²) < 4.78 is 0. The van der Waals surface area contributed by atoms with E-state index in [2.05, 4.69) is 0 Å². The van der Waals surface area contributed by atoms with Crippen molar-refractivity contribution in [3.63, 3.8) is 0 Å². The molecule has 1 aliphatic carbocycles. The number of hydrogen-bond acceptors (Lipinski definition) is 4. The lowest BCUT2D eigenvalue weighted by atomic mass is 9.68. The fourth-order valence-electron chi connectivity index (χ4n) is 2.46. The summed E-state index contributed by atoms with van der Waals surface area (Å²) in [7, 11) is 0. The van der Waals surface area contributed by atoms with E-state index in [1.54, 1.807) is 0 Å². The fourth-order valence-corrected chi connectivity index (χ4v) is 2.46. The summed E-state index contributed by atoms with van der Waals surface area (Å²) in [5.74, 6) is -1.61. The topological polar surface area (TPSA) is 95.2 Å². The van der Waals surface area contributed by atoms with Crippen LogP contribution < -0.4 is 0 Å². The average Bonchev–Trinajstić information content (AvgIpc) is 2.34. The SMILES string of the molecule is N#CC(C#N)[C@H]1CCCC[C@@H]1C(C#N)C#N. The van der Waals surface area contributed by atoms with Gasteiger partial charge in [-0.3, -0.25) is 0 Å². The maximum absolute atomic E-state index is 8.88. The molecule has 1 fully saturated rings. The zero-order valence-electron chi connectivity index (χ0n) is 8.93. The van der Waals surface area contributed by atoms with Gasteiger partial charge in [0.25, 0.3) is 0 Å². The predicted octanol–water partition coefficient (Wildman–Crippen LogP) is 2.12. The van der Waals surface area contributed by atoms with Crippen molar-refractivity contribution < 1.29 is 0 Å². The third kappa shape index (κ3) is 2.31. The molecule has 80 valence electrons. The van der Waals surface area contributed by atoms with Gasteiger partial charge in [0, 0.05) is 0 Å². The first kappa shape index (κ1) is 12.0. The van der Waals surface area contributed by atoms with Gasteiger partial charge in [0.05, 0.1) is 24.3 Å². The Kier molecular flexibility index (Phi) is 4.32. The Balaban J connectivity index is 2.89. The summed E-state index contributed by atoms with van der Waals surface area (Å²) >= 11 is 0. The third-order valence-electron chi connectivity index (χ3n) is 3.29. The second-order valence-corrected chi connectivity index (χ2v) is 4.08. The van der Waals surface area contributed by atoms with E-state index in [-0.39, 0.29) is 11.8 Å². The third-order valence-corrected chi connectivity index (χ3v) is 3.29. The molecule has 2 atom stereocenters. The van der Waals surface area contributed by atoms with Gasteiger partial charge in [-0.25, -0.2) is 0 Å². The van der Waals surface area contributed by atoms with E-state index in [0.29, 0.717) is 0 Å². The van der Waals surface area contributed by atoms with Gasteiger partial charge < -0.3 is 0 Å². The highest BCUT2D eigenvalue weighted by Gasteiger charge is 2.37. The van der Waals surface area contributed by atoms with Crippen LogP contribution in [0.1, 0.15) is 25.7 Å². The van der Waals surface area contributed by atoms with Crippen molar-refractivity contribution in [1.29, 1.82) is 21.0 Å². The highest BCUT2D eigenvalue weighted by Crippen LogP contribution is 2.39. The van der Waals surface area contributed by atoms with Gasteiger partial charge in [-0.05, 0) is 24.7 Å². The molecule has 0 spiro atoms. The molecule has 0 saturated heterocycles. The van der Waals surface area contributed by atoms with Gasteiger partial charge in [0.1, 0.15) is 11.8 Å². The summed E-state index contributed by atoms with van der Waals surface area (Å²) in [5, 5.41) is 35.5. The minimum atomic E-state index is -0.686. The summed E-state index contributed by atoms with van der Waals surface area (Å²) in [5.41, 5.74) is 0. The highest BCUT2D eigenvalue weighted by molar-refractivity contribution is 5.11. The first-order valence-electron chi connectivity index (χ1n) is 5.37. The van der Waals surface area contributed by atoms with Crippen LogP contribution in [0.2, 0.25) is 0 Å². The predicted molar refractivity (Wildman–Crippen MR) is 54.9 cm³/mol. The van der Waals surface area contributed by atoms with Crippen LogP contribution in [0.5, 0.6) is 0 Å². The minimum absolute atomic E-state index is 0.118. The molecule has 1 rings (SSSR count). The Morgan fingerprint density at radius 3 is 1.25 bits per heavy atom. The van der Waals surface area contributed by atoms with Crippen molar-refractivity contribution in [2.24, 2.45) is 23.7 Å². The Labute approximate surface area is 95.3 Å². The lowest BCUT2D eigenvalue weighted by Gasteiger charge is -2.32. The van der Waals surface area contributed by atoms with E-state index in [9.17, 15) is 0 Å². The molecule has 0 unspecified atom stereocenters. The molecule has 0 aliphatic heterocycles. The van der Waals surface area contributed by atoms with Crippen molar-refractivity contribution in [3.8, 4) is 24.3 Å². The first-order valence-corrected chi connectivity index (χ1v) is 5.37. The van der Waals surface area contributed by atoms with Crippen LogP contribution in [0.3, 0.4) is 0 Å². The molecule has 0 amide bonds. The Bertz CT molecular complexity index is 333. The van der Waals surface area contributed by atoms with Gasteiger partial charge in [0.2, 0.25) is 0 Å². The number of nitrogens with zero attached hydrogens (tertiary/aromatic N) is 4. The summed E-state index contributed by atoms with van der Waals surface area (Å²) in [6, 6.07) is 7.90. The van der Waals surface area contributed by atoms with E-state index in [0.717, 1.165) is 25.7 Å². The Morgan fingerprint density at radius 1 is 0.688 bits per heavy atom. The second-order valence-electron chi connectivity index (χ2n) is 4.08. The number of rotatable bonds is 2. The molecule has 1 aliphatic rings. The normalized spacial score (nSPS) is 24.1. The Hall–Kier alpha value is -2.04. The lowest BCUT2D eigenvalue weighted by Crippen LogP contribution is -2.30. The van der Waals surface area contributed by atoms with Gasteiger partial charge in [-0.15, -0.1) is 0 Å². The number of nitriles is 4. The van der Waals surface area contributed by atoms with Crippen molar-refractivity contribution in [1.82, 2.24) is 0 Å². The number of hydrogen-bond donors (Lipinski definition) is 0. The van der Waals surface area contributed by atoms with E-state index in [4.69, 9.17) is 21.0 Å². The fraction of sp³-hybridized carbons (Fsp3) is 0.667. The molecule has 0 radical (unpaired) electrons. The highest BCUT2D eigenvalue weighted by atomic mass is 14.4. The second kappa shape index (κ2) is 5.75. The lowest BCUT2D eigenvalue weighted by molar-refractivity contribution is 0.191. The Morgan fingerprint density at radius 2 is 1.00 bits per heavy atom. The van der Waals surface area contributed by atoms with Crippen LogP contribution in [0.15, 0.2) is 0 Å². The van der Waals surface area contributed by atoms with Crippen LogP contribution in [0, 0.1) is 69.0 Å². The summed E-state index contributed by atoms with van der Waals surface area (Å²) in [6.07, 6.45) is 3.50. The first-order chi connectivity index (χ1) is 7.78. The molecular weight excluding hydrogens is 200 g/mol. The molecule has 0 heterocycles. The zero-order valence-corrected chi connectivity index (χ0v) is 8.93. The molecule has 4 nitrogen and oxygen atoms in total. The molecule has 0 N–H and O–H groups in total. The van der Waals surface area contributed by atoms with Gasteiger partial charge in [-0.2, -0.15) is 21.0 Å². The molecule has 0 aromatic rings. The van der Waals surface area contributed by atoms with Crippen LogP contribution in [-0.2, 0) is 0 Å². The molecular formula is C12H12N4. The van der Waals surface area contributed by atoms with E-state index in [1.165, 1.54) is 0 Å². The molecule has 0 bridgehead atoms. The van der Waals surface area contributed by atoms with Gasteiger partial charge >= 0.3 is 0 Å². The van der Waals surface area contributed by atoms with E-state index < -0.39 is 11.8 Å². The standard InChI is InChI=1S/C12H12N4/c13-5-9(6-14)11-3-1-2-4-12(11)10(7-15)8-16/h9-12H,1-4H2/t11-,12-/m1/s1. The molecule has 0 aromatic heterocycles. The zero-order chi connectivity index (χ0) is 12.0. The van der Waals surface area contributed by atoms with Crippen LogP contribution in [0.25, 0.3) is 0 Å². The smallest absolute Gasteiger partial charge is 0.136 e. The van der Waals surface area contributed by atoms with Crippen LogP contribution >= 0.6 is 0 Å². The quantitative estimate of drug-likeness (QED) is 0.700. The summed E-state index contributed by atoms with van der Waals surface area (Å²) in [6.45, 7) is 0. The molecule has 16 heavy (non-hydrogen) atoms. The molecule has 1 saturated carbocycles. The van der Waals surface area contributed by atoms with Gasteiger partial charge in [0.15, 0.2) is 0 Å². The maximum Gasteiger partial charge on any atom is 0.136 e.